The van der Waals surface area contributed by atoms with E-state index in [1.165, 1.54) is 6.07 Å². The summed E-state index contributed by atoms with van der Waals surface area (Å²) in [5, 5.41) is 16.3. The molecule has 22 heavy (non-hydrogen) atoms. The Hall–Kier alpha value is -2.80. The molecule has 0 spiro atoms. The van der Waals surface area contributed by atoms with Gasteiger partial charge in [0, 0.05) is 11.6 Å². The van der Waals surface area contributed by atoms with E-state index < -0.39 is 4.92 Å². The predicted molar refractivity (Wildman–Crippen MR) is 88.0 cm³/mol. The molecule has 7 heteroatoms. The summed E-state index contributed by atoms with van der Waals surface area (Å²) in [5.74, 6) is -0.346. The normalized spacial score (nSPS) is 9.86. The number of nitrogens with zero attached hydrogens (tertiary/aromatic N) is 1. The Bertz CT molecular complexity index is 732. The number of nitrogens with one attached hydrogen (secondary N) is 2. The van der Waals surface area contributed by atoms with E-state index >= 15 is 0 Å². The second kappa shape index (κ2) is 6.77. The van der Waals surface area contributed by atoms with E-state index in [1.807, 2.05) is 0 Å². The Kier molecular flexibility index (Phi) is 4.80. The topological polar surface area (TPSA) is 84.3 Å². The lowest BCUT2D eigenvalue weighted by molar-refractivity contribution is -0.385. The van der Waals surface area contributed by atoms with E-state index in [0.717, 1.165) is 0 Å². The molecular weight excluding hydrogens is 302 g/mol. The highest BCUT2D eigenvalue weighted by atomic mass is 32.1. The van der Waals surface area contributed by atoms with Crippen LogP contribution in [0, 0.1) is 17.0 Å². The van der Waals surface area contributed by atoms with E-state index in [-0.39, 0.29) is 16.7 Å². The quantitative estimate of drug-likeness (QED) is 0.517. The van der Waals surface area contributed by atoms with Crippen molar-refractivity contribution in [2.24, 2.45) is 0 Å². The number of carbonyl (C=O) groups excluding carboxylic acids is 1. The maximum atomic E-state index is 12.0. The molecule has 2 aromatic rings. The first-order chi connectivity index (χ1) is 10.5. The van der Waals surface area contributed by atoms with E-state index in [1.54, 1.807) is 49.4 Å². The van der Waals surface area contributed by atoms with Crippen molar-refractivity contribution < 1.29 is 9.72 Å². The number of nitro groups is 1. The molecule has 0 aliphatic carbocycles. The second-order valence-corrected chi connectivity index (χ2v) is 4.89. The van der Waals surface area contributed by atoms with Gasteiger partial charge in [-0.15, -0.1) is 0 Å². The number of rotatable bonds is 3. The Morgan fingerprint density at radius 1 is 1.14 bits per heavy atom. The zero-order valence-corrected chi connectivity index (χ0v) is 12.5. The SMILES string of the molecule is Cc1c(NC(=S)NC(=O)c2ccccc2)cccc1[N+](=O)[O-]. The third kappa shape index (κ3) is 3.64. The van der Waals surface area contributed by atoms with Gasteiger partial charge in [0.25, 0.3) is 11.6 Å². The van der Waals surface area contributed by atoms with Crippen LogP contribution in [-0.2, 0) is 0 Å². The largest absolute Gasteiger partial charge is 0.332 e. The Morgan fingerprint density at radius 3 is 2.45 bits per heavy atom. The Labute approximate surface area is 132 Å². The third-order valence-electron chi connectivity index (χ3n) is 3.01. The van der Waals surface area contributed by atoms with Gasteiger partial charge in [0.15, 0.2) is 5.11 Å². The van der Waals surface area contributed by atoms with Gasteiger partial charge >= 0.3 is 0 Å². The number of anilines is 1. The van der Waals surface area contributed by atoms with Crippen molar-refractivity contribution >= 4 is 34.6 Å². The number of hydrogen-bond acceptors (Lipinski definition) is 4. The first kappa shape index (κ1) is 15.6. The number of hydrogen-bond donors (Lipinski definition) is 2. The van der Waals surface area contributed by atoms with Crippen LogP contribution in [0.25, 0.3) is 0 Å². The molecule has 0 aliphatic rings. The van der Waals surface area contributed by atoms with Crippen molar-refractivity contribution in [1.82, 2.24) is 5.32 Å². The van der Waals surface area contributed by atoms with E-state index in [2.05, 4.69) is 10.6 Å². The zero-order valence-electron chi connectivity index (χ0n) is 11.7. The van der Waals surface area contributed by atoms with Crippen molar-refractivity contribution in [2.75, 3.05) is 5.32 Å². The summed E-state index contributed by atoms with van der Waals surface area (Å²) < 4.78 is 0. The van der Waals surface area contributed by atoms with Gasteiger partial charge in [-0.25, -0.2) is 0 Å². The predicted octanol–water partition coefficient (Wildman–Crippen LogP) is 3.03. The molecule has 2 N–H and O–H groups in total. The minimum absolute atomic E-state index is 0.0119. The maximum Gasteiger partial charge on any atom is 0.274 e. The zero-order chi connectivity index (χ0) is 16.1. The maximum absolute atomic E-state index is 12.0. The summed E-state index contributed by atoms with van der Waals surface area (Å²) >= 11 is 5.07. The number of amides is 1. The Balaban J connectivity index is 2.08. The molecule has 0 heterocycles. The van der Waals surface area contributed by atoms with Gasteiger partial charge in [0.1, 0.15) is 0 Å². The fourth-order valence-electron chi connectivity index (χ4n) is 1.88. The summed E-state index contributed by atoms with van der Waals surface area (Å²) in [7, 11) is 0. The third-order valence-corrected chi connectivity index (χ3v) is 3.22. The van der Waals surface area contributed by atoms with Gasteiger partial charge in [-0.2, -0.15) is 0 Å². The van der Waals surface area contributed by atoms with Crippen LogP contribution in [0.4, 0.5) is 11.4 Å². The monoisotopic (exact) mass is 315 g/mol. The summed E-state index contributed by atoms with van der Waals surface area (Å²) in [4.78, 5) is 22.4. The van der Waals surface area contributed by atoms with Gasteiger partial charge in [-0.05, 0) is 37.3 Å². The van der Waals surface area contributed by atoms with Crippen molar-refractivity contribution in [2.45, 2.75) is 6.92 Å². The van der Waals surface area contributed by atoms with E-state index in [4.69, 9.17) is 12.2 Å². The number of nitro benzene ring substituents is 1. The number of thiocarbonyl (C=S) groups is 1. The number of carbonyl (C=O) groups is 1. The van der Waals surface area contributed by atoms with E-state index in [0.29, 0.717) is 16.8 Å². The molecule has 0 saturated heterocycles. The van der Waals surface area contributed by atoms with Crippen molar-refractivity contribution in [1.29, 1.82) is 0 Å². The Morgan fingerprint density at radius 2 is 1.82 bits per heavy atom. The molecule has 0 unspecified atom stereocenters. The van der Waals surface area contributed by atoms with Crippen LogP contribution in [0.3, 0.4) is 0 Å². The van der Waals surface area contributed by atoms with Crippen LogP contribution in [0.5, 0.6) is 0 Å². The van der Waals surface area contributed by atoms with Gasteiger partial charge < -0.3 is 5.32 Å². The lowest BCUT2D eigenvalue weighted by Crippen LogP contribution is -2.34. The van der Waals surface area contributed by atoms with Crippen LogP contribution in [-0.4, -0.2) is 15.9 Å². The van der Waals surface area contributed by atoms with Gasteiger partial charge in [-0.1, -0.05) is 24.3 Å². The second-order valence-electron chi connectivity index (χ2n) is 4.48. The standard InChI is InChI=1S/C15H13N3O3S/c1-10-12(8-5-9-13(10)18(20)21)16-15(22)17-14(19)11-6-3-2-4-7-11/h2-9H,1H3,(H2,16,17,19,22). The molecule has 0 bridgehead atoms. The molecule has 6 nitrogen and oxygen atoms in total. The molecule has 1 amide bonds. The molecular formula is C15H13N3O3S. The molecule has 0 radical (unpaired) electrons. The average molecular weight is 315 g/mol. The van der Waals surface area contributed by atoms with Crippen LogP contribution < -0.4 is 10.6 Å². The summed E-state index contributed by atoms with van der Waals surface area (Å²) in [6.07, 6.45) is 0. The summed E-state index contributed by atoms with van der Waals surface area (Å²) in [6, 6.07) is 13.2. The summed E-state index contributed by atoms with van der Waals surface area (Å²) in [6.45, 7) is 1.61. The lowest BCUT2D eigenvalue weighted by Gasteiger charge is -2.11. The lowest BCUT2D eigenvalue weighted by atomic mass is 10.1. The van der Waals surface area contributed by atoms with Crippen molar-refractivity contribution in [3.05, 3.63) is 69.8 Å². The minimum Gasteiger partial charge on any atom is -0.332 e. The molecule has 2 aromatic carbocycles. The van der Waals surface area contributed by atoms with Gasteiger partial charge in [0.05, 0.1) is 16.2 Å². The first-order valence-electron chi connectivity index (χ1n) is 6.40. The molecule has 0 saturated carbocycles. The molecule has 2 rings (SSSR count). The molecule has 112 valence electrons. The first-order valence-corrected chi connectivity index (χ1v) is 6.81. The molecule has 0 fully saturated rings. The minimum atomic E-state index is -0.466. The fourth-order valence-corrected chi connectivity index (χ4v) is 2.08. The van der Waals surface area contributed by atoms with Crippen LogP contribution >= 0.6 is 12.2 Å². The fraction of sp³-hybridized carbons (Fsp3) is 0.0667. The number of benzene rings is 2. The van der Waals surface area contributed by atoms with Gasteiger partial charge in [-0.3, -0.25) is 20.2 Å². The van der Waals surface area contributed by atoms with Crippen LogP contribution in [0.2, 0.25) is 0 Å². The molecule has 0 atom stereocenters. The van der Waals surface area contributed by atoms with Crippen LogP contribution in [0.15, 0.2) is 48.5 Å². The van der Waals surface area contributed by atoms with E-state index in [9.17, 15) is 14.9 Å². The highest BCUT2D eigenvalue weighted by molar-refractivity contribution is 7.80. The smallest absolute Gasteiger partial charge is 0.274 e. The summed E-state index contributed by atoms with van der Waals surface area (Å²) in [5.41, 5.74) is 1.39. The highest BCUT2D eigenvalue weighted by Gasteiger charge is 2.14. The van der Waals surface area contributed by atoms with Crippen LogP contribution in [0.1, 0.15) is 15.9 Å². The van der Waals surface area contributed by atoms with Gasteiger partial charge in [0.2, 0.25) is 0 Å². The molecule has 0 aromatic heterocycles. The molecule has 0 aliphatic heterocycles. The van der Waals surface area contributed by atoms with Crippen molar-refractivity contribution in [3.63, 3.8) is 0 Å². The highest BCUT2D eigenvalue weighted by Crippen LogP contribution is 2.24. The van der Waals surface area contributed by atoms with Crippen molar-refractivity contribution in [3.8, 4) is 0 Å². The average Bonchev–Trinajstić information content (AvgIpc) is 2.50.